The average Bonchev–Trinajstić information content (AvgIpc) is 2.81. The van der Waals surface area contributed by atoms with E-state index >= 15 is 0 Å². The molecule has 2 aromatic rings. The summed E-state index contributed by atoms with van der Waals surface area (Å²) in [4.78, 5) is 0. The maximum atomic E-state index is 10.4. The van der Waals surface area contributed by atoms with Gasteiger partial charge in [-0.05, 0) is 67.0 Å². The fraction of sp³-hybridized carbons (Fsp3) is 0.520. The predicted octanol–water partition coefficient (Wildman–Crippen LogP) is 2.09. The van der Waals surface area contributed by atoms with Crippen molar-refractivity contribution in [3.8, 4) is 5.75 Å². The van der Waals surface area contributed by atoms with Crippen LogP contribution < -0.4 is 10.5 Å². The van der Waals surface area contributed by atoms with Crippen molar-refractivity contribution in [1.29, 1.82) is 0 Å². The fourth-order valence-electron chi connectivity index (χ4n) is 4.61. The van der Waals surface area contributed by atoms with Crippen molar-refractivity contribution in [2.24, 2.45) is 0 Å². The lowest BCUT2D eigenvalue weighted by Crippen LogP contribution is -2.55. The summed E-state index contributed by atoms with van der Waals surface area (Å²) in [6, 6.07) is 13.3. The van der Waals surface area contributed by atoms with Crippen LogP contribution in [0.3, 0.4) is 0 Å². The van der Waals surface area contributed by atoms with Gasteiger partial charge in [-0.25, -0.2) is 0 Å². The van der Waals surface area contributed by atoms with Crippen molar-refractivity contribution in [2.45, 2.75) is 75.1 Å². The first kappa shape index (κ1) is 23.0. The smallest absolute Gasteiger partial charge is 0.119 e. The standard InChI is InChI=1S/C25H33NO6/c26-20-11-8-16(25-24(30)23(29)22(28)21(14-27)32-25)13-17(20)12-15-6-9-19(10-7-15)31-18-4-2-1-3-5-18/h6-11,13,18,21-25,27-30H,1-5,12,14,26H2/t21-,22-,23+,24-,25+/m1/s1. The van der Waals surface area contributed by atoms with E-state index in [1.54, 1.807) is 12.1 Å². The predicted molar refractivity (Wildman–Crippen MR) is 120 cm³/mol. The Morgan fingerprint density at radius 2 is 1.62 bits per heavy atom. The van der Waals surface area contributed by atoms with Crippen LogP contribution >= 0.6 is 0 Å². The normalized spacial score (nSPS) is 29.1. The van der Waals surface area contributed by atoms with Crippen molar-refractivity contribution >= 4 is 5.69 Å². The molecule has 0 bridgehead atoms. The average molecular weight is 444 g/mol. The molecular weight excluding hydrogens is 410 g/mol. The second-order valence-corrected chi connectivity index (χ2v) is 8.91. The number of rotatable bonds is 6. The minimum absolute atomic E-state index is 0.306. The Labute approximate surface area is 188 Å². The Bertz CT molecular complexity index is 881. The van der Waals surface area contributed by atoms with Crippen molar-refractivity contribution in [1.82, 2.24) is 0 Å². The zero-order valence-electron chi connectivity index (χ0n) is 18.1. The third-order valence-electron chi connectivity index (χ3n) is 6.56. The van der Waals surface area contributed by atoms with Crippen LogP contribution in [0.15, 0.2) is 42.5 Å². The molecule has 0 amide bonds. The van der Waals surface area contributed by atoms with E-state index in [1.165, 1.54) is 19.3 Å². The van der Waals surface area contributed by atoms with Crippen LogP contribution in [0.4, 0.5) is 5.69 Å². The molecule has 1 heterocycles. The van der Waals surface area contributed by atoms with Gasteiger partial charge < -0.3 is 35.6 Å². The monoisotopic (exact) mass is 443 g/mol. The molecule has 6 N–H and O–H groups in total. The van der Waals surface area contributed by atoms with E-state index < -0.39 is 37.1 Å². The summed E-state index contributed by atoms with van der Waals surface area (Å²) in [5.41, 5.74) is 9.37. The number of ether oxygens (including phenoxy) is 2. The molecule has 0 aromatic heterocycles. The van der Waals surface area contributed by atoms with E-state index in [2.05, 4.69) is 0 Å². The largest absolute Gasteiger partial charge is 0.490 e. The van der Waals surface area contributed by atoms with Crippen molar-refractivity contribution in [3.63, 3.8) is 0 Å². The van der Waals surface area contributed by atoms with Crippen molar-refractivity contribution < 1.29 is 29.9 Å². The van der Waals surface area contributed by atoms with E-state index in [1.807, 2.05) is 30.3 Å². The zero-order valence-corrected chi connectivity index (χ0v) is 18.1. The number of hydrogen-bond donors (Lipinski definition) is 5. The fourth-order valence-corrected chi connectivity index (χ4v) is 4.61. The van der Waals surface area contributed by atoms with E-state index in [9.17, 15) is 20.4 Å². The molecule has 2 aromatic carbocycles. The maximum absolute atomic E-state index is 10.4. The zero-order chi connectivity index (χ0) is 22.7. The summed E-state index contributed by atoms with van der Waals surface area (Å²) >= 11 is 0. The molecule has 7 heteroatoms. The van der Waals surface area contributed by atoms with Crippen LogP contribution in [-0.2, 0) is 11.2 Å². The number of nitrogens with two attached hydrogens (primary N) is 1. The van der Waals surface area contributed by atoms with Gasteiger partial charge in [-0.2, -0.15) is 0 Å². The van der Waals surface area contributed by atoms with Gasteiger partial charge in [0.2, 0.25) is 0 Å². The highest BCUT2D eigenvalue weighted by molar-refractivity contribution is 5.51. The van der Waals surface area contributed by atoms with Gasteiger partial charge in [0.1, 0.15) is 36.3 Å². The van der Waals surface area contributed by atoms with E-state index in [-0.39, 0.29) is 0 Å². The molecule has 32 heavy (non-hydrogen) atoms. The molecule has 1 aliphatic carbocycles. The van der Waals surface area contributed by atoms with Crippen molar-refractivity contribution in [2.75, 3.05) is 12.3 Å². The van der Waals surface area contributed by atoms with Gasteiger partial charge in [0, 0.05) is 5.69 Å². The Hall–Kier alpha value is -2.16. The highest BCUT2D eigenvalue weighted by Gasteiger charge is 2.44. The number of aliphatic hydroxyl groups is 4. The Morgan fingerprint density at radius 1 is 0.906 bits per heavy atom. The highest BCUT2D eigenvalue weighted by Crippen LogP contribution is 2.34. The van der Waals surface area contributed by atoms with Gasteiger partial charge in [-0.15, -0.1) is 0 Å². The summed E-state index contributed by atoms with van der Waals surface area (Å²) in [5.74, 6) is 0.878. The Morgan fingerprint density at radius 3 is 2.31 bits per heavy atom. The molecule has 2 aliphatic rings. The molecular formula is C25H33NO6. The van der Waals surface area contributed by atoms with E-state index in [0.717, 1.165) is 29.7 Å². The Kier molecular flexibility index (Phi) is 7.33. The van der Waals surface area contributed by atoms with Gasteiger partial charge in [0.15, 0.2) is 0 Å². The highest BCUT2D eigenvalue weighted by atomic mass is 16.5. The molecule has 1 aliphatic heterocycles. The first-order valence-electron chi connectivity index (χ1n) is 11.4. The van der Waals surface area contributed by atoms with Gasteiger partial charge in [-0.3, -0.25) is 0 Å². The Balaban J connectivity index is 1.47. The lowest BCUT2D eigenvalue weighted by atomic mass is 9.89. The molecule has 4 rings (SSSR count). The van der Waals surface area contributed by atoms with E-state index in [4.69, 9.17) is 15.2 Å². The third kappa shape index (κ3) is 5.08. The molecule has 174 valence electrons. The van der Waals surface area contributed by atoms with Gasteiger partial charge in [-0.1, -0.05) is 30.7 Å². The van der Waals surface area contributed by atoms with E-state index in [0.29, 0.717) is 23.8 Å². The van der Waals surface area contributed by atoms with Gasteiger partial charge in [0.25, 0.3) is 0 Å². The number of nitrogen functional groups attached to an aromatic ring is 1. The second kappa shape index (κ2) is 10.2. The number of benzene rings is 2. The van der Waals surface area contributed by atoms with Crippen LogP contribution in [0.5, 0.6) is 5.75 Å². The lowest BCUT2D eigenvalue weighted by molar-refractivity contribution is -0.231. The summed E-state index contributed by atoms with van der Waals surface area (Å²) < 4.78 is 11.8. The van der Waals surface area contributed by atoms with Crippen LogP contribution in [0, 0.1) is 0 Å². The third-order valence-corrected chi connectivity index (χ3v) is 6.56. The molecule has 1 saturated carbocycles. The molecule has 1 saturated heterocycles. The summed E-state index contributed by atoms with van der Waals surface area (Å²) in [6.07, 6.45) is 0.931. The summed E-state index contributed by atoms with van der Waals surface area (Å²) in [5, 5.41) is 40.0. The number of anilines is 1. The van der Waals surface area contributed by atoms with Gasteiger partial charge >= 0.3 is 0 Å². The maximum Gasteiger partial charge on any atom is 0.119 e. The molecule has 2 fully saturated rings. The molecule has 5 atom stereocenters. The first-order chi connectivity index (χ1) is 15.5. The lowest BCUT2D eigenvalue weighted by Gasteiger charge is -2.40. The second-order valence-electron chi connectivity index (χ2n) is 8.91. The van der Waals surface area contributed by atoms with Crippen molar-refractivity contribution in [3.05, 3.63) is 59.2 Å². The topological polar surface area (TPSA) is 125 Å². The van der Waals surface area contributed by atoms with Crippen LogP contribution in [-0.4, -0.2) is 57.6 Å². The molecule has 0 unspecified atom stereocenters. The van der Waals surface area contributed by atoms with Crippen LogP contribution in [0.1, 0.15) is 54.9 Å². The SMILES string of the molecule is Nc1ccc([C@@H]2O[C@H](CO)[C@@H](O)[C@H](O)[C@H]2O)cc1Cc1ccc(OC2CCCCC2)cc1. The molecule has 7 nitrogen and oxygen atoms in total. The molecule has 0 spiro atoms. The van der Waals surface area contributed by atoms with Crippen LogP contribution in [0.2, 0.25) is 0 Å². The number of hydrogen-bond acceptors (Lipinski definition) is 7. The first-order valence-corrected chi connectivity index (χ1v) is 11.4. The van der Waals surface area contributed by atoms with Gasteiger partial charge in [0.05, 0.1) is 12.7 Å². The number of aliphatic hydroxyl groups excluding tert-OH is 4. The minimum atomic E-state index is -1.41. The molecule has 0 radical (unpaired) electrons. The van der Waals surface area contributed by atoms with Crippen LogP contribution in [0.25, 0.3) is 0 Å². The minimum Gasteiger partial charge on any atom is -0.490 e. The summed E-state index contributed by atoms with van der Waals surface area (Å²) in [7, 11) is 0. The summed E-state index contributed by atoms with van der Waals surface area (Å²) in [6.45, 7) is -0.460. The quantitative estimate of drug-likeness (QED) is 0.433.